The lowest BCUT2D eigenvalue weighted by Crippen LogP contribution is -2.44. The molecule has 2 saturated heterocycles. The molecule has 0 bridgehead atoms. The van der Waals surface area contributed by atoms with Crippen LogP contribution in [0.2, 0.25) is 5.15 Å². The van der Waals surface area contributed by atoms with E-state index in [4.69, 9.17) is 11.6 Å². The molecule has 2 unspecified atom stereocenters. The van der Waals surface area contributed by atoms with Crippen LogP contribution in [-0.4, -0.2) is 34.9 Å². The first-order chi connectivity index (χ1) is 8.75. The Morgan fingerprint density at radius 3 is 3.28 bits per heavy atom. The van der Waals surface area contributed by atoms with Crippen LogP contribution in [0.4, 0.5) is 0 Å². The van der Waals surface area contributed by atoms with E-state index in [1.807, 2.05) is 12.1 Å². The number of likely N-dealkylation sites (tertiary alicyclic amines) is 1. The topological polar surface area (TPSA) is 45.2 Å². The minimum Gasteiger partial charge on any atom is -0.354 e. The average Bonchev–Trinajstić information content (AvgIpc) is 2.76. The molecule has 2 aliphatic heterocycles. The fraction of sp³-hybridized carbons (Fsp3) is 0.538. The van der Waals surface area contributed by atoms with E-state index in [2.05, 4.69) is 15.2 Å². The van der Waals surface area contributed by atoms with Gasteiger partial charge in [0.15, 0.2) is 0 Å². The number of nitrogens with one attached hydrogen (secondary N) is 1. The number of hydrogen-bond donors (Lipinski definition) is 1. The molecule has 96 valence electrons. The Morgan fingerprint density at radius 1 is 1.56 bits per heavy atom. The second-order valence-corrected chi connectivity index (χ2v) is 5.34. The quantitative estimate of drug-likeness (QED) is 0.824. The number of aromatic nitrogens is 1. The van der Waals surface area contributed by atoms with Gasteiger partial charge in [-0.1, -0.05) is 17.7 Å². The number of halogens is 1. The Bertz CT molecular complexity index is 465. The second kappa shape index (κ2) is 4.86. The van der Waals surface area contributed by atoms with Crippen molar-refractivity contribution in [2.45, 2.75) is 25.4 Å². The number of pyridine rings is 1. The van der Waals surface area contributed by atoms with Crippen LogP contribution in [0.5, 0.6) is 0 Å². The van der Waals surface area contributed by atoms with Crippen molar-refractivity contribution >= 4 is 17.5 Å². The van der Waals surface area contributed by atoms with Crippen LogP contribution in [0.1, 0.15) is 18.4 Å². The summed E-state index contributed by atoms with van der Waals surface area (Å²) >= 11 is 6.09. The fourth-order valence-electron chi connectivity index (χ4n) is 2.99. The molecule has 18 heavy (non-hydrogen) atoms. The van der Waals surface area contributed by atoms with Gasteiger partial charge in [-0.15, -0.1) is 0 Å². The van der Waals surface area contributed by atoms with Crippen LogP contribution in [0.15, 0.2) is 18.3 Å². The van der Waals surface area contributed by atoms with E-state index in [0.29, 0.717) is 11.2 Å². The van der Waals surface area contributed by atoms with Gasteiger partial charge in [-0.05, 0) is 25.5 Å². The average molecular weight is 266 g/mol. The molecule has 2 atom stereocenters. The van der Waals surface area contributed by atoms with Crippen molar-refractivity contribution in [2.75, 3.05) is 13.1 Å². The number of fused-ring (bicyclic) bond motifs is 1. The van der Waals surface area contributed by atoms with Gasteiger partial charge in [0, 0.05) is 30.9 Å². The number of hydrogen-bond acceptors (Lipinski definition) is 3. The molecule has 1 aromatic heterocycles. The largest absolute Gasteiger partial charge is 0.354 e. The van der Waals surface area contributed by atoms with Crippen molar-refractivity contribution in [2.24, 2.45) is 5.92 Å². The first-order valence-electron chi connectivity index (χ1n) is 6.37. The number of piperidine rings is 1. The van der Waals surface area contributed by atoms with Crippen LogP contribution >= 0.6 is 11.6 Å². The molecule has 3 rings (SSSR count). The highest BCUT2D eigenvalue weighted by Gasteiger charge is 2.40. The maximum absolute atomic E-state index is 11.7. The first kappa shape index (κ1) is 11.9. The fourth-order valence-corrected chi connectivity index (χ4v) is 3.17. The number of amides is 1. The van der Waals surface area contributed by atoms with E-state index in [1.165, 1.54) is 0 Å². The predicted octanol–water partition coefficient (Wildman–Crippen LogP) is 1.45. The molecule has 1 amide bonds. The van der Waals surface area contributed by atoms with Gasteiger partial charge >= 0.3 is 0 Å². The summed E-state index contributed by atoms with van der Waals surface area (Å²) in [5.74, 6) is 0.371. The number of carbonyl (C=O) groups is 1. The van der Waals surface area contributed by atoms with E-state index in [0.717, 1.165) is 38.0 Å². The van der Waals surface area contributed by atoms with Gasteiger partial charge in [-0.25, -0.2) is 4.98 Å². The molecular formula is C13H16ClN3O. The van der Waals surface area contributed by atoms with Gasteiger partial charge in [-0.2, -0.15) is 0 Å². The van der Waals surface area contributed by atoms with E-state index in [1.54, 1.807) is 6.20 Å². The molecule has 0 aromatic carbocycles. The highest BCUT2D eigenvalue weighted by Crippen LogP contribution is 2.29. The van der Waals surface area contributed by atoms with Crippen LogP contribution < -0.4 is 5.32 Å². The highest BCUT2D eigenvalue weighted by molar-refractivity contribution is 6.30. The summed E-state index contributed by atoms with van der Waals surface area (Å²) < 4.78 is 0. The van der Waals surface area contributed by atoms with Gasteiger partial charge in [0.25, 0.3) is 0 Å². The minimum absolute atomic E-state index is 0.161. The van der Waals surface area contributed by atoms with E-state index >= 15 is 0 Å². The van der Waals surface area contributed by atoms with E-state index in [-0.39, 0.29) is 11.8 Å². The molecule has 1 N–H and O–H groups in total. The van der Waals surface area contributed by atoms with Gasteiger partial charge in [0.1, 0.15) is 5.15 Å². The zero-order valence-corrected chi connectivity index (χ0v) is 10.9. The van der Waals surface area contributed by atoms with Crippen molar-refractivity contribution in [3.8, 4) is 0 Å². The summed E-state index contributed by atoms with van der Waals surface area (Å²) in [6.45, 7) is 2.57. The highest BCUT2D eigenvalue weighted by atomic mass is 35.5. The molecule has 1 aromatic rings. The summed E-state index contributed by atoms with van der Waals surface area (Å²) in [4.78, 5) is 18.2. The maximum atomic E-state index is 11.7. The maximum Gasteiger partial charge on any atom is 0.224 e. The number of nitrogens with zero attached hydrogens (tertiary/aromatic N) is 2. The third-order valence-electron chi connectivity index (χ3n) is 3.93. The lowest BCUT2D eigenvalue weighted by atomic mass is 9.91. The molecule has 5 heteroatoms. The lowest BCUT2D eigenvalue weighted by molar-refractivity contribution is -0.124. The van der Waals surface area contributed by atoms with Crippen molar-refractivity contribution in [3.05, 3.63) is 29.0 Å². The molecular weight excluding hydrogens is 250 g/mol. The Morgan fingerprint density at radius 2 is 2.44 bits per heavy atom. The van der Waals surface area contributed by atoms with Gasteiger partial charge < -0.3 is 5.32 Å². The van der Waals surface area contributed by atoms with Gasteiger partial charge in [0.2, 0.25) is 5.91 Å². The van der Waals surface area contributed by atoms with Gasteiger partial charge in [0.05, 0.1) is 5.92 Å². The number of carbonyl (C=O) groups excluding carboxylic acids is 1. The van der Waals surface area contributed by atoms with Crippen molar-refractivity contribution in [1.29, 1.82) is 0 Å². The van der Waals surface area contributed by atoms with E-state index < -0.39 is 0 Å². The zero-order valence-electron chi connectivity index (χ0n) is 10.1. The molecule has 0 radical (unpaired) electrons. The summed E-state index contributed by atoms with van der Waals surface area (Å²) in [6.07, 6.45) is 3.78. The van der Waals surface area contributed by atoms with Crippen LogP contribution in [0.3, 0.4) is 0 Å². The van der Waals surface area contributed by atoms with Crippen molar-refractivity contribution in [3.63, 3.8) is 0 Å². The third-order valence-corrected chi connectivity index (χ3v) is 4.27. The third kappa shape index (κ3) is 2.10. The Balaban J connectivity index is 1.76. The monoisotopic (exact) mass is 265 g/mol. The van der Waals surface area contributed by atoms with E-state index in [9.17, 15) is 4.79 Å². The molecule has 3 heterocycles. The van der Waals surface area contributed by atoms with Crippen molar-refractivity contribution < 1.29 is 4.79 Å². The molecule has 0 aliphatic carbocycles. The number of rotatable bonds is 2. The first-order valence-corrected chi connectivity index (χ1v) is 6.74. The molecule has 4 nitrogen and oxygen atoms in total. The van der Waals surface area contributed by atoms with Gasteiger partial charge in [-0.3, -0.25) is 9.69 Å². The molecule has 0 saturated carbocycles. The van der Waals surface area contributed by atoms with Crippen LogP contribution in [0, 0.1) is 5.92 Å². The standard InChI is InChI=1S/C13H16ClN3O/c14-12-9(3-1-5-15-12)8-17-6-2-4-10-11(17)7-16-13(10)18/h1,3,5,10-11H,2,4,6-8H2,(H,16,18). The Labute approximate surface area is 111 Å². The van der Waals surface area contributed by atoms with Crippen molar-refractivity contribution in [1.82, 2.24) is 15.2 Å². The molecule has 0 spiro atoms. The SMILES string of the molecule is O=C1NCC2C1CCCN2Cc1cccnc1Cl. The Kier molecular flexibility index (Phi) is 3.22. The Hall–Kier alpha value is -1.13. The van der Waals surface area contributed by atoms with Crippen LogP contribution in [0.25, 0.3) is 0 Å². The smallest absolute Gasteiger partial charge is 0.224 e. The molecule has 2 fully saturated rings. The predicted molar refractivity (Wildman–Crippen MR) is 69.2 cm³/mol. The zero-order chi connectivity index (χ0) is 12.5. The summed E-state index contributed by atoms with van der Waals surface area (Å²) in [5, 5.41) is 3.53. The molecule has 2 aliphatic rings. The lowest BCUT2D eigenvalue weighted by Gasteiger charge is -2.35. The summed E-state index contributed by atoms with van der Waals surface area (Å²) in [7, 11) is 0. The van der Waals surface area contributed by atoms with Crippen LogP contribution in [-0.2, 0) is 11.3 Å². The summed E-state index contributed by atoms with van der Waals surface area (Å²) in [5.41, 5.74) is 1.04. The normalized spacial score (nSPS) is 27.9. The minimum atomic E-state index is 0.161. The summed E-state index contributed by atoms with van der Waals surface area (Å²) in [6, 6.07) is 4.23. The second-order valence-electron chi connectivity index (χ2n) is 4.99.